The predicted molar refractivity (Wildman–Crippen MR) is 93.3 cm³/mol. The summed E-state index contributed by atoms with van der Waals surface area (Å²) < 4.78 is 6.16. The van der Waals surface area contributed by atoms with Crippen molar-refractivity contribution in [1.29, 1.82) is 0 Å². The monoisotopic (exact) mass is 338 g/mol. The smallest absolute Gasteiger partial charge is 0.260 e. The van der Waals surface area contributed by atoms with Gasteiger partial charge in [-0.15, -0.1) is 0 Å². The molecule has 0 bridgehead atoms. The van der Waals surface area contributed by atoms with Crippen LogP contribution in [0, 0.1) is 0 Å². The number of hydrogen-bond donors (Lipinski definition) is 0. The van der Waals surface area contributed by atoms with Crippen molar-refractivity contribution in [2.45, 2.75) is 13.2 Å². The molecule has 1 amide bonds. The van der Waals surface area contributed by atoms with Crippen LogP contribution in [0.1, 0.15) is 29.1 Å². The summed E-state index contributed by atoms with van der Waals surface area (Å²) in [6.45, 7) is 2.49. The van der Waals surface area contributed by atoms with E-state index in [1.54, 1.807) is 29.3 Å². The highest BCUT2D eigenvalue weighted by Crippen LogP contribution is 2.38. The number of pyridine rings is 1. The second-order valence-electron chi connectivity index (χ2n) is 5.63. The lowest BCUT2D eigenvalue weighted by Crippen LogP contribution is -2.41. The third kappa shape index (κ3) is 2.31. The van der Waals surface area contributed by atoms with Gasteiger partial charge in [-0.05, 0) is 19.1 Å². The Morgan fingerprint density at radius 1 is 1.21 bits per heavy atom. The molecule has 2 heterocycles. The summed E-state index contributed by atoms with van der Waals surface area (Å²) in [4.78, 5) is 19.0. The van der Waals surface area contributed by atoms with Gasteiger partial charge in [0.25, 0.3) is 5.91 Å². The van der Waals surface area contributed by atoms with Crippen LogP contribution in [0.2, 0.25) is 5.02 Å². The highest BCUT2D eigenvalue weighted by Gasteiger charge is 2.34. The number of aromatic nitrogens is 1. The summed E-state index contributed by atoms with van der Waals surface area (Å²) in [6, 6.07) is 15.0. The number of carbonyl (C=O) groups excluding carboxylic acids is 1. The second kappa shape index (κ2) is 5.80. The van der Waals surface area contributed by atoms with Gasteiger partial charge in [0.05, 0.1) is 16.1 Å². The van der Waals surface area contributed by atoms with E-state index in [1.165, 1.54) is 0 Å². The third-order valence-corrected chi connectivity index (χ3v) is 4.56. The van der Waals surface area contributed by atoms with Crippen LogP contribution in [0.4, 0.5) is 0 Å². The number of hydrogen-bond acceptors (Lipinski definition) is 3. The van der Waals surface area contributed by atoms with Gasteiger partial charge >= 0.3 is 0 Å². The maximum Gasteiger partial charge on any atom is 0.260 e. The fourth-order valence-corrected chi connectivity index (χ4v) is 3.23. The topological polar surface area (TPSA) is 42.4 Å². The molecule has 24 heavy (non-hydrogen) atoms. The van der Waals surface area contributed by atoms with E-state index in [1.807, 2.05) is 37.3 Å². The van der Waals surface area contributed by atoms with Crippen molar-refractivity contribution in [1.82, 2.24) is 9.88 Å². The standard InChI is InChI=1S/C19H15ClN2O2/c1-2-22-18(23)14-10-13-15(20)8-9-21-16(13)11-17(14)24-19(22)12-6-4-3-5-7-12/h3-11,19H,2H2,1H3/t19-/m0/s1. The lowest BCUT2D eigenvalue weighted by atomic mass is 10.0. The van der Waals surface area contributed by atoms with Gasteiger partial charge in [-0.3, -0.25) is 14.7 Å². The summed E-state index contributed by atoms with van der Waals surface area (Å²) in [7, 11) is 0. The van der Waals surface area contributed by atoms with Crippen LogP contribution in [0.5, 0.6) is 5.75 Å². The van der Waals surface area contributed by atoms with Crippen LogP contribution in [-0.2, 0) is 0 Å². The molecule has 120 valence electrons. The molecule has 0 N–H and O–H groups in total. The normalized spacial score (nSPS) is 16.8. The van der Waals surface area contributed by atoms with E-state index in [2.05, 4.69) is 4.98 Å². The predicted octanol–water partition coefficient (Wildman–Crippen LogP) is 4.44. The molecule has 1 aromatic heterocycles. The van der Waals surface area contributed by atoms with Crippen molar-refractivity contribution in [3.63, 3.8) is 0 Å². The number of nitrogens with zero attached hydrogens (tertiary/aromatic N) is 2. The van der Waals surface area contributed by atoms with Gasteiger partial charge < -0.3 is 4.74 Å². The molecule has 2 aromatic carbocycles. The Balaban J connectivity index is 1.88. The van der Waals surface area contributed by atoms with Crippen LogP contribution in [0.15, 0.2) is 54.7 Å². The van der Waals surface area contributed by atoms with E-state index in [0.717, 1.165) is 10.9 Å². The van der Waals surface area contributed by atoms with Crippen molar-refractivity contribution in [2.75, 3.05) is 6.54 Å². The number of amides is 1. The molecular weight excluding hydrogens is 324 g/mol. The molecule has 3 aromatic rings. The van der Waals surface area contributed by atoms with E-state index >= 15 is 0 Å². The Morgan fingerprint density at radius 3 is 2.75 bits per heavy atom. The molecule has 4 rings (SSSR count). The van der Waals surface area contributed by atoms with E-state index in [0.29, 0.717) is 28.4 Å². The van der Waals surface area contributed by atoms with E-state index in [-0.39, 0.29) is 5.91 Å². The number of rotatable bonds is 2. The maximum absolute atomic E-state index is 13.0. The van der Waals surface area contributed by atoms with Crippen LogP contribution in [0.25, 0.3) is 10.9 Å². The number of halogens is 1. The van der Waals surface area contributed by atoms with Gasteiger partial charge in [0.15, 0.2) is 0 Å². The maximum atomic E-state index is 13.0. The third-order valence-electron chi connectivity index (χ3n) is 4.23. The van der Waals surface area contributed by atoms with Crippen LogP contribution in [0.3, 0.4) is 0 Å². The largest absolute Gasteiger partial charge is 0.465 e. The first-order chi connectivity index (χ1) is 11.7. The summed E-state index contributed by atoms with van der Waals surface area (Å²) in [5, 5.41) is 1.33. The lowest BCUT2D eigenvalue weighted by molar-refractivity contribution is 0.0111. The van der Waals surface area contributed by atoms with Gasteiger partial charge in [-0.1, -0.05) is 41.9 Å². The molecule has 1 aliphatic heterocycles. The van der Waals surface area contributed by atoms with Crippen molar-refractivity contribution < 1.29 is 9.53 Å². The van der Waals surface area contributed by atoms with E-state index in [9.17, 15) is 4.79 Å². The Labute approximate surface area is 144 Å². The molecule has 0 radical (unpaired) electrons. The Hall–Kier alpha value is -2.59. The first-order valence-electron chi connectivity index (χ1n) is 7.80. The molecule has 0 unspecified atom stereocenters. The average Bonchev–Trinajstić information content (AvgIpc) is 2.61. The molecular formula is C19H15ClN2O2. The Morgan fingerprint density at radius 2 is 2.00 bits per heavy atom. The summed E-state index contributed by atoms with van der Waals surface area (Å²) >= 11 is 6.24. The zero-order chi connectivity index (χ0) is 16.7. The highest BCUT2D eigenvalue weighted by molar-refractivity contribution is 6.35. The van der Waals surface area contributed by atoms with E-state index in [4.69, 9.17) is 16.3 Å². The number of ether oxygens (including phenoxy) is 1. The quantitative estimate of drug-likeness (QED) is 0.693. The molecule has 0 spiro atoms. The van der Waals surface area contributed by atoms with Crippen molar-refractivity contribution >= 4 is 28.4 Å². The minimum atomic E-state index is -0.437. The molecule has 0 aliphatic carbocycles. The van der Waals surface area contributed by atoms with Gasteiger partial charge in [0.2, 0.25) is 6.23 Å². The van der Waals surface area contributed by atoms with Crippen molar-refractivity contribution in [3.8, 4) is 5.75 Å². The molecule has 0 fully saturated rings. The zero-order valence-electron chi connectivity index (χ0n) is 13.1. The number of benzene rings is 2. The first-order valence-corrected chi connectivity index (χ1v) is 8.17. The molecule has 4 nitrogen and oxygen atoms in total. The summed E-state index contributed by atoms with van der Waals surface area (Å²) in [5.41, 5.74) is 2.18. The zero-order valence-corrected chi connectivity index (χ0v) is 13.8. The fraction of sp³-hybridized carbons (Fsp3) is 0.158. The van der Waals surface area contributed by atoms with Gasteiger partial charge in [0, 0.05) is 29.8 Å². The van der Waals surface area contributed by atoms with Crippen LogP contribution in [-0.4, -0.2) is 22.3 Å². The van der Waals surface area contributed by atoms with Gasteiger partial charge in [-0.2, -0.15) is 0 Å². The number of fused-ring (bicyclic) bond motifs is 2. The Bertz CT molecular complexity index is 927. The molecule has 1 aliphatic rings. The summed E-state index contributed by atoms with van der Waals surface area (Å²) in [6.07, 6.45) is 1.21. The van der Waals surface area contributed by atoms with Crippen molar-refractivity contribution in [3.05, 3.63) is 70.9 Å². The van der Waals surface area contributed by atoms with Crippen molar-refractivity contribution in [2.24, 2.45) is 0 Å². The molecule has 0 saturated carbocycles. The molecule has 1 atom stereocenters. The first kappa shape index (κ1) is 15.0. The average molecular weight is 339 g/mol. The number of carbonyl (C=O) groups is 1. The highest BCUT2D eigenvalue weighted by atomic mass is 35.5. The van der Waals surface area contributed by atoms with Gasteiger partial charge in [0.1, 0.15) is 5.75 Å². The van der Waals surface area contributed by atoms with E-state index < -0.39 is 6.23 Å². The fourth-order valence-electron chi connectivity index (χ4n) is 3.02. The second-order valence-corrected chi connectivity index (χ2v) is 6.04. The lowest BCUT2D eigenvalue weighted by Gasteiger charge is -2.36. The van der Waals surface area contributed by atoms with Crippen LogP contribution >= 0.6 is 11.6 Å². The minimum absolute atomic E-state index is 0.0607. The SMILES string of the molecule is CCN1C(=O)c2cc3c(Cl)ccnc3cc2O[C@H]1c1ccccc1. The minimum Gasteiger partial charge on any atom is -0.465 e. The Kier molecular flexibility index (Phi) is 3.62. The molecule has 5 heteroatoms. The van der Waals surface area contributed by atoms with Crippen LogP contribution < -0.4 is 4.74 Å². The van der Waals surface area contributed by atoms with Gasteiger partial charge in [-0.25, -0.2) is 0 Å². The molecule has 0 saturated heterocycles. The summed E-state index contributed by atoms with van der Waals surface area (Å²) in [5.74, 6) is 0.482.